The molecule has 1 saturated carbocycles. The lowest BCUT2D eigenvalue weighted by Gasteiger charge is -2.39. The molecule has 0 aromatic carbocycles. The highest BCUT2D eigenvalue weighted by Gasteiger charge is 2.47. The summed E-state index contributed by atoms with van der Waals surface area (Å²) in [5.74, 6) is -0.265. The Hall–Kier alpha value is -0.610. The summed E-state index contributed by atoms with van der Waals surface area (Å²) in [5.41, 5.74) is -0.732. The predicted octanol–water partition coefficient (Wildman–Crippen LogP) is 1.51. The molecule has 0 aromatic heterocycles. The first kappa shape index (κ1) is 13.5. The van der Waals surface area contributed by atoms with Crippen LogP contribution in [0, 0.1) is 5.41 Å². The fraction of sp³-hybridized carbons (Fsp3) is 0.917. The molecule has 1 rings (SSSR count). The molecular weight excluding hydrogens is 208 g/mol. The molecule has 4 nitrogen and oxygen atoms in total. The van der Waals surface area contributed by atoms with E-state index in [-0.39, 0.29) is 5.97 Å². The number of esters is 1. The zero-order valence-electron chi connectivity index (χ0n) is 10.2. The van der Waals surface area contributed by atoms with Crippen LogP contribution < -0.4 is 0 Å². The van der Waals surface area contributed by atoms with Gasteiger partial charge in [0.05, 0.1) is 18.1 Å². The van der Waals surface area contributed by atoms with Gasteiger partial charge in [-0.05, 0) is 26.2 Å². The molecule has 0 heterocycles. The molecule has 1 aliphatic rings. The number of carbonyl (C=O) groups is 1. The number of hydrogen-bond acceptors (Lipinski definition) is 4. The van der Waals surface area contributed by atoms with Gasteiger partial charge < -0.3 is 14.6 Å². The molecule has 0 radical (unpaired) electrons. The number of ether oxygens (including phenoxy) is 2. The van der Waals surface area contributed by atoms with E-state index < -0.39 is 11.5 Å². The number of carbonyl (C=O) groups excluding carboxylic acids is 1. The van der Waals surface area contributed by atoms with E-state index in [4.69, 9.17) is 9.47 Å². The van der Waals surface area contributed by atoms with Crippen molar-refractivity contribution in [3.05, 3.63) is 0 Å². The number of aliphatic hydroxyl groups is 1. The van der Waals surface area contributed by atoms with Crippen molar-refractivity contribution >= 4 is 5.97 Å². The Balaban J connectivity index is 2.76. The first-order chi connectivity index (χ1) is 7.67. The van der Waals surface area contributed by atoms with Crippen LogP contribution in [0.3, 0.4) is 0 Å². The van der Waals surface area contributed by atoms with Crippen LogP contribution in [0.2, 0.25) is 0 Å². The van der Waals surface area contributed by atoms with E-state index >= 15 is 0 Å². The van der Waals surface area contributed by atoms with Gasteiger partial charge in [-0.1, -0.05) is 12.8 Å². The van der Waals surface area contributed by atoms with Gasteiger partial charge in [0.25, 0.3) is 0 Å². The molecule has 1 N–H and O–H groups in total. The van der Waals surface area contributed by atoms with Crippen molar-refractivity contribution in [1.82, 2.24) is 0 Å². The van der Waals surface area contributed by atoms with E-state index in [0.717, 1.165) is 12.8 Å². The van der Waals surface area contributed by atoms with Crippen LogP contribution in [0.4, 0.5) is 0 Å². The molecule has 1 fully saturated rings. The van der Waals surface area contributed by atoms with Gasteiger partial charge in [0.1, 0.15) is 0 Å². The standard InChI is InChI=1S/C12H22O4/c1-3-16-11(14)12(8-9-15-2)7-5-4-6-10(12)13/h10,13H,3-9H2,1-2H3. The average molecular weight is 230 g/mol. The van der Waals surface area contributed by atoms with Gasteiger partial charge in [0.2, 0.25) is 0 Å². The van der Waals surface area contributed by atoms with Gasteiger partial charge in [-0.3, -0.25) is 4.79 Å². The van der Waals surface area contributed by atoms with Crippen LogP contribution in [0.25, 0.3) is 0 Å². The molecule has 2 unspecified atom stereocenters. The van der Waals surface area contributed by atoms with Gasteiger partial charge in [-0.2, -0.15) is 0 Å². The Labute approximate surface area is 96.9 Å². The van der Waals surface area contributed by atoms with Gasteiger partial charge in [0, 0.05) is 13.7 Å². The minimum atomic E-state index is -0.732. The van der Waals surface area contributed by atoms with Crippen LogP contribution in [0.1, 0.15) is 39.0 Å². The van der Waals surface area contributed by atoms with E-state index in [0.29, 0.717) is 32.5 Å². The molecule has 0 spiro atoms. The summed E-state index contributed by atoms with van der Waals surface area (Å²) in [5, 5.41) is 10.1. The van der Waals surface area contributed by atoms with Crippen molar-refractivity contribution < 1.29 is 19.4 Å². The topological polar surface area (TPSA) is 55.8 Å². The highest BCUT2D eigenvalue weighted by molar-refractivity contribution is 5.77. The van der Waals surface area contributed by atoms with Crippen molar-refractivity contribution in [2.75, 3.05) is 20.3 Å². The molecule has 2 atom stereocenters. The highest BCUT2D eigenvalue weighted by Crippen LogP contribution is 2.40. The summed E-state index contributed by atoms with van der Waals surface area (Å²) in [7, 11) is 1.61. The molecular formula is C12H22O4. The Morgan fingerprint density at radius 2 is 2.25 bits per heavy atom. The summed E-state index contributed by atoms with van der Waals surface area (Å²) < 4.78 is 10.1. The van der Waals surface area contributed by atoms with E-state index in [9.17, 15) is 9.90 Å². The SMILES string of the molecule is CCOC(=O)C1(CCOC)CCCCC1O. The first-order valence-electron chi connectivity index (χ1n) is 6.01. The van der Waals surface area contributed by atoms with Crippen molar-refractivity contribution in [3.8, 4) is 0 Å². The second-order valence-corrected chi connectivity index (χ2v) is 4.38. The maximum absolute atomic E-state index is 12.0. The first-order valence-corrected chi connectivity index (χ1v) is 6.01. The van der Waals surface area contributed by atoms with Gasteiger partial charge >= 0.3 is 5.97 Å². The van der Waals surface area contributed by atoms with E-state index in [1.165, 1.54) is 0 Å². The third-order valence-corrected chi connectivity index (χ3v) is 3.42. The third kappa shape index (κ3) is 2.74. The van der Waals surface area contributed by atoms with Gasteiger partial charge in [0.15, 0.2) is 0 Å². The lowest BCUT2D eigenvalue weighted by molar-refractivity contribution is -0.168. The number of aliphatic hydroxyl groups excluding tert-OH is 1. The van der Waals surface area contributed by atoms with Crippen LogP contribution >= 0.6 is 0 Å². The highest BCUT2D eigenvalue weighted by atomic mass is 16.5. The van der Waals surface area contributed by atoms with Gasteiger partial charge in [-0.25, -0.2) is 0 Å². The normalized spacial score (nSPS) is 30.1. The van der Waals surface area contributed by atoms with E-state index in [1.54, 1.807) is 14.0 Å². The van der Waals surface area contributed by atoms with Crippen molar-refractivity contribution in [2.24, 2.45) is 5.41 Å². The maximum Gasteiger partial charge on any atom is 0.314 e. The molecule has 0 bridgehead atoms. The Morgan fingerprint density at radius 3 is 2.81 bits per heavy atom. The van der Waals surface area contributed by atoms with Crippen molar-refractivity contribution in [3.63, 3.8) is 0 Å². The quantitative estimate of drug-likeness (QED) is 0.727. The molecule has 0 amide bonds. The molecule has 0 aliphatic heterocycles. The zero-order chi connectivity index (χ0) is 12.0. The van der Waals surface area contributed by atoms with Crippen LogP contribution in [-0.2, 0) is 14.3 Å². The molecule has 16 heavy (non-hydrogen) atoms. The lowest BCUT2D eigenvalue weighted by atomic mass is 9.70. The van der Waals surface area contributed by atoms with Crippen LogP contribution in [0.5, 0.6) is 0 Å². The second-order valence-electron chi connectivity index (χ2n) is 4.38. The van der Waals surface area contributed by atoms with Crippen molar-refractivity contribution in [2.45, 2.75) is 45.1 Å². The molecule has 1 aliphatic carbocycles. The number of hydrogen-bond donors (Lipinski definition) is 1. The molecule has 0 saturated heterocycles. The number of methoxy groups -OCH3 is 1. The molecule has 0 aromatic rings. The summed E-state index contributed by atoms with van der Waals surface area (Å²) in [6.07, 6.45) is 3.30. The largest absolute Gasteiger partial charge is 0.465 e. The van der Waals surface area contributed by atoms with E-state index in [1.807, 2.05) is 0 Å². The monoisotopic (exact) mass is 230 g/mol. The fourth-order valence-electron chi connectivity index (χ4n) is 2.41. The Kier molecular flexibility index (Phi) is 5.22. The summed E-state index contributed by atoms with van der Waals surface area (Å²) in [4.78, 5) is 12.0. The summed E-state index contributed by atoms with van der Waals surface area (Å²) >= 11 is 0. The van der Waals surface area contributed by atoms with Crippen LogP contribution in [-0.4, -0.2) is 37.5 Å². The Bertz CT molecular complexity index is 229. The van der Waals surface area contributed by atoms with E-state index in [2.05, 4.69) is 0 Å². The average Bonchev–Trinajstić information content (AvgIpc) is 2.28. The molecule has 94 valence electrons. The third-order valence-electron chi connectivity index (χ3n) is 3.42. The fourth-order valence-corrected chi connectivity index (χ4v) is 2.41. The smallest absolute Gasteiger partial charge is 0.314 e. The minimum absolute atomic E-state index is 0.265. The second kappa shape index (κ2) is 6.21. The summed E-state index contributed by atoms with van der Waals surface area (Å²) in [6.45, 7) is 2.63. The minimum Gasteiger partial charge on any atom is -0.465 e. The number of rotatable bonds is 5. The summed E-state index contributed by atoms with van der Waals surface area (Å²) in [6, 6.07) is 0. The maximum atomic E-state index is 12.0. The van der Waals surface area contributed by atoms with Crippen LogP contribution in [0.15, 0.2) is 0 Å². The zero-order valence-corrected chi connectivity index (χ0v) is 10.2. The predicted molar refractivity (Wildman–Crippen MR) is 60.0 cm³/mol. The lowest BCUT2D eigenvalue weighted by Crippen LogP contribution is -2.46. The molecule has 4 heteroatoms. The van der Waals surface area contributed by atoms with Crippen molar-refractivity contribution in [1.29, 1.82) is 0 Å². The van der Waals surface area contributed by atoms with Gasteiger partial charge in [-0.15, -0.1) is 0 Å². The Morgan fingerprint density at radius 1 is 1.50 bits per heavy atom.